The van der Waals surface area contributed by atoms with Crippen molar-refractivity contribution in [2.75, 3.05) is 4.90 Å². The predicted molar refractivity (Wildman–Crippen MR) is 122 cm³/mol. The first kappa shape index (κ1) is 21.8. The van der Waals surface area contributed by atoms with Gasteiger partial charge >= 0.3 is 0 Å². The molecule has 0 spiro atoms. The number of hydrogen-bond donors (Lipinski definition) is 1. The minimum absolute atomic E-state index is 0.0685. The van der Waals surface area contributed by atoms with Crippen molar-refractivity contribution in [1.29, 1.82) is 0 Å². The summed E-state index contributed by atoms with van der Waals surface area (Å²) >= 11 is 0. The van der Waals surface area contributed by atoms with E-state index in [1.54, 1.807) is 26.0 Å². The lowest BCUT2D eigenvalue weighted by Crippen LogP contribution is -2.36. The zero-order valence-electron chi connectivity index (χ0n) is 18.6. The number of carbonyl (C=O) groups excluding carboxylic acids is 2. The number of carbonyl (C=O) groups is 2. The molecule has 0 radical (unpaired) electrons. The normalized spacial score (nSPS) is 14.5. The topological polar surface area (TPSA) is 75.4 Å². The summed E-state index contributed by atoms with van der Waals surface area (Å²) in [7, 11) is 0. The van der Waals surface area contributed by atoms with Crippen molar-refractivity contribution in [1.82, 2.24) is 10.3 Å². The van der Waals surface area contributed by atoms with Crippen LogP contribution in [0.4, 0.5) is 14.6 Å². The molecule has 1 N–H and O–H groups in total. The molecule has 1 aliphatic heterocycles. The Morgan fingerprint density at radius 2 is 1.79 bits per heavy atom. The zero-order valence-corrected chi connectivity index (χ0v) is 18.6. The third-order valence-corrected chi connectivity index (χ3v) is 5.98. The molecule has 1 aliphatic rings. The van der Waals surface area contributed by atoms with Gasteiger partial charge in [0.25, 0.3) is 5.91 Å². The smallest absolute Gasteiger partial charge is 0.270 e. The SMILES string of the molecule is CC1(C)C(=O)N(Cc2cc(F)cc(F)c2)c2nc(C(=O)NCc3cc4ccccc4o3)ccc21. The molecule has 5 rings (SSSR count). The summed E-state index contributed by atoms with van der Waals surface area (Å²) < 4.78 is 33.1. The number of pyridine rings is 1. The molecule has 0 saturated carbocycles. The maximum Gasteiger partial charge on any atom is 0.270 e. The molecule has 2 aromatic carbocycles. The zero-order chi connectivity index (χ0) is 24.0. The van der Waals surface area contributed by atoms with Crippen molar-refractivity contribution >= 4 is 28.6 Å². The maximum atomic E-state index is 13.7. The Bertz CT molecular complexity index is 1390. The van der Waals surface area contributed by atoms with Gasteiger partial charge in [0, 0.05) is 17.0 Å². The number of fused-ring (bicyclic) bond motifs is 2. The number of benzene rings is 2. The van der Waals surface area contributed by atoms with Crippen LogP contribution in [-0.4, -0.2) is 16.8 Å². The second-order valence-corrected chi connectivity index (χ2v) is 8.79. The van der Waals surface area contributed by atoms with E-state index in [0.717, 1.165) is 17.0 Å². The second kappa shape index (κ2) is 8.06. The number of hydrogen-bond acceptors (Lipinski definition) is 4. The first-order valence-electron chi connectivity index (χ1n) is 10.8. The Hall–Kier alpha value is -4.07. The molecule has 0 fully saturated rings. The van der Waals surface area contributed by atoms with Gasteiger partial charge in [-0.15, -0.1) is 0 Å². The van der Waals surface area contributed by atoms with E-state index in [2.05, 4.69) is 10.3 Å². The molecule has 2 amide bonds. The van der Waals surface area contributed by atoms with E-state index in [9.17, 15) is 18.4 Å². The van der Waals surface area contributed by atoms with E-state index in [4.69, 9.17) is 4.42 Å². The maximum absolute atomic E-state index is 13.7. The van der Waals surface area contributed by atoms with Crippen LogP contribution in [0.1, 0.15) is 41.2 Å². The molecule has 8 heteroatoms. The summed E-state index contributed by atoms with van der Waals surface area (Å²) in [5.74, 6) is -1.25. The minimum Gasteiger partial charge on any atom is -0.459 e. The fourth-order valence-electron chi connectivity index (χ4n) is 4.23. The highest BCUT2D eigenvalue weighted by Gasteiger charge is 2.45. The van der Waals surface area contributed by atoms with Gasteiger partial charge in [-0.2, -0.15) is 0 Å². The van der Waals surface area contributed by atoms with Crippen molar-refractivity contribution in [2.45, 2.75) is 32.4 Å². The van der Waals surface area contributed by atoms with Crippen LogP contribution in [0, 0.1) is 11.6 Å². The molecule has 34 heavy (non-hydrogen) atoms. The quantitative estimate of drug-likeness (QED) is 0.461. The average molecular weight is 461 g/mol. The Morgan fingerprint density at radius 1 is 1.06 bits per heavy atom. The third kappa shape index (κ3) is 3.81. The van der Waals surface area contributed by atoms with Gasteiger partial charge in [-0.05, 0) is 49.7 Å². The van der Waals surface area contributed by atoms with Gasteiger partial charge in [-0.3, -0.25) is 14.5 Å². The molecule has 3 heterocycles. The Morgan fingerprint density at radius 3 is 2.53 bits per heavy atom. The van der Waals surface area contributed by atoms with Crippen LogP contribution < -0.4 is 10.2 Å². The molecular formula is C26H21F2N3O3. The number of amides is 2. The van der Waals surface area contributed by atoms with Crippen molar-refractivity contribution < 1.29 is 22.8 Å². The molecule has 0 saturated heterocycles. The fraction of sp³-hybridized carbons (Fsp3) is 0.192. The average Bonchev–Trinajstić information content (AvgIpc) is 3.29. The van der Waals surface area contributed by atoms with Crippen LogP contribution in [0.15, 0.2) is 65.1 Å². The third-order valence-electron chi connectivity index (χ3n) is 5.98. The van der Waals surface area contributed by atoms with Gasteiger partial charge in [-0.1, -0.05) is 24.3 Å². The van der Waals surface area contributed by atoms with E-state index in [0.29, 0.717) is 17.1 Å². The summed E-state index contributed by atoms with van der Waals surface area (Å²) in [6.07, 6.45) is 0. The van der Waals surface area contributed by atoms with Crippen LogP contribution in [0.5, 0.6) is 0 Å². The second-order valence-electron chi connectivity index (χ2n) is 8.79. The standard InChI is InChI=1S/C26H21F2N3O3/c1-26(2)20-7-8-21(24(32)29-13-19-11-16-5-3-4-6-22(16)34-19)30-23(20)31(25(26)33)14-15-9-17(27)12-18(28)10-15/h3-12H,13-14H2,1-2H3,(H,29,32). The van der Waals surface area contributed by atoms with Gasteiger partial charge in [0.05, 0.1) is 18.5 Å². The van der Waals surface area contributed by atoms with Crippen molar-refractivity contribution in [2.24, 2.45) is 0 Å². The van der Waals surface area contributed by atoms with Crippen molar-refractivity contribution in [3.8, 4) is 0 Å². The largest absolute Gasteiger partial charge is 0.459 e. The lowest BCUT2D eigenvalue weighted by molar-refractivity contribution is -0.122. The highest BCUT2D eigenvalue weighted by Crippen LogP contribution is 2.41. The molecule has 2 aromatic heterocycles. The fourth-order valence-corrected chi connectivity index (χ4v) is 4.23. The van der Waals surface area contributed by atoms with E-state index in [1.165, 1.54) is 17.0 Å². The number of anilines is 1. The van der Waals surface area contributed by atoms with Crippen LogP contribution >= 0.6 is 0 Å². The predicted octanol–water partition coefficient (Wildman–Crippen LogP) is 4.86. The number of aromatic nitrogens is 1. The van der Waals surface area contributed by atoms with Gasteiger partial charge in [0.2, 0.25) is 5.91 Å². The van der Waals surface area contributed by atoms with Gasteiger partial charge in [0.1, 0.15) is 34.5 Å². The van der Waals surface area contributed by atoms with Gasteiger partial charge in [0.15, 0.2) is 0 Å². The van der Waals surface area contributed by atoms with Crippen molar-refractivity contribution in [3.63, 3.8) is 0 Å². The summed E-state index contributed by atoms with van der Waals surface area (Å²) in [5, 5.41) is 3.72. The highest BCUT2D eigenvalue weighted by atomic mass is 19.1. The highest BCUT2D eigenvalue weighted by molar-refractivity contribution is 6.07. The molecule has 0 unspecified atom stereocenters. The molecule has 4 aromatic rings. The van der Waals surface area contributed by atoms with Gasteiger partial charge < -0.3 is 9.73 Å². The number of nitrogens with zero attached hydrogens (tertiary/aromatic N) is 2. The molecule has 6 nitrogen and oxygen atoms in total. The minimum atomic E-state index is -0.891. The van der Waals surface area contributed by atoms with E-state index in [1.807, 2.05) is 30.3 Å². The first-order chi connectivity index (χ1) is 16.2. The van der Waals surface area contributed by atoms with Gasteiger partial charge in [-0.25, -0.2) is 13.8 Å². The first-order valence-corrected chi connectivity index (χ1v) is 10.8. The molecule has 0 aliphatic carbocycles. The summed E-state index contributed by atoms with van der Waals surface area (Å²) in [5.41, 5.74) is 0.889. The van der Waals surface area contributed by atoms with E-state index in [-0.39, 0.29) is 30.3 Å². The van der Waals surface area contributed by atoms with Crippen LogP contribution in [-0.2, 0) is 23.3 Å². The Kier molecular flexibility index (Phi) is 5.16. The number of rotatable bonds is 5. The monoisotopic (exact) mass is 461 g/mol. The number of furan rings is 1. The summed E-state index contributed by atoms with van der Waals surface area (Å²) in [4.78, 5) is 31.7. The van der Waals surface area contributed by atoms with Crippen LogP contribution in [0.3, 0.4) is 0 Å². The number of nitrogens with one attached hydrogen (secondary N) is 1. The molecular weight excluding hydrogens is 440 g/mol. The van der Waals surface area contributed by atoms with E-state index >= 15 is 0 Å². The van der Waals surface area contributed by atoms with Crippen molar-refractivity contribution in [3.05, 3.63) is 94.9 Å². The molecule has 172 valence electrons. The van der Waals surface area contributed by atoms with Crippen LogP contribution in [0.2, 0.25) is 0 Å². The number of para-hydroxylation sites is 1. The number of halogens is 2. The van der Waals surface area contributed by atoms with Crippen LogP contribution in [0.25, 0.3) is 11.0 Å². The lowest BCUT2D eigenvalue weighted by Gasteiger charge is -2.20. The molecule has 0 atom stereocenters. The Balaban J connectivity index is 1.40. The summed E-state index contributed by atoms with van der Waals surface area (Å²) in [6, 6.07) is 15.8. The summed E-state index contributed by atoms with van der Waals surface area (Å²) in [6.45, 7) is 3.61. The lowest BCUT2D eigenvalue weighted by atomic mass is 9.87. The molecule has 0 bridgehead atoms. The Labute approximate surface area is 194 Å². The van der Waals surface area contributed by atoms with E-state index < -0.39 is 23.0 Å².